The summed E-state index contributed by atoms with van der Waals surface area (Å²) in [6.45, 7) is 11.3. The van der Waals surface area contributed by atoms with Crippen molar-refractivity contribution in [1.82, 2.24) is 4.90 Å². The third-order valence-electron chi connectivity index (χ3n) is 4.60. The van der Waals surface area contributed by atoms with E-state index >= 15 is 0 Å². The molecule has 1 saturated heterocycles. The van der Waals surface area contributed by atoms with Gasteiger partial charge >= 0.3 is 0 Å². The maximum absolute atomic E-state index is 9.22. The van der Waals surface area contributed by atoms with Gasteiger partial charge in [-0.15, -0.1) is 0 Å². The molecule has 102 valence electrons. The fourth-order valence-electron chi connectivity index (χ4n) is 2.73. The number of aliphatic hydroxyl groups excluding tert-OH is 1. The zero-order valence-corrected chi connectivity index (χ0v) is 12.0. The van der Waals surface area contributed by atoms with E-state index in [1.807, 2.05) is 6.92 Å². The molecule has 0 spiro atoms. The summed E-state index contributed by atoms with van der Waals surface area (Å²) in [4.78, 5) is 2.53. The molecule has 17 heavy (non-hydrogen) atoms. The minimum atomic E-state index is -0.440. The number of piperidine rings is 1. The largest absolute Gasteiger partial charge is 0.394 e. The van der Waals surface area contributed by atoms with Gasteiger partial charge in [0.2, 0.25) is 0 Å². The van der Waals surface area contributed by atoms with Crippen LogP contribution in [-0.4, -0.2) is 41.3 Å². The highest BCUT2D eigenvalue weighted by Gasteiger charge is 2.32. The van der Waals surface area contributed by atoms with E-state index in [0.717, 1.165) is 6.42 Å². The second-order valence-corrected chi connectivity index (χ2v) is 6.57. The predicted octanol–water partition coefficient (Wildman–Crippen LogP) is 1.99. The zero-order valence-electron chi connectivity index (χ0n) is 12.0. The highest BCUT2D eigenvalue weighted by atomic mass is 16.3. The Bertz CT molecular complexity index is 232. The van der Waals surface area contributed by atoms with Crippen LogP contribution in [-0.2, 0) is 0 Å². The number of hydrogen-bond acceptors (Lipinski definition) is 3. The second-order valence-electron chi connectivity index (χ2n) is 6.57. The molecule has 3 heteroatoms. The Hall–Kier alpha value is -0.120. The summed E-state index contributed by atoms with van der Waals surface area (Å²) in [6.07, 6.45) is 4.72. The topological polar surface area (TPSA) is 49.5 Å². The average Bonchev–Trinajstić information content (AvgIpc) is 2.29. The summed E-state index contributed by atoms with van der Waals surface area (Å²) >= 11 is 0. The van der Waals surface area contributed by atoms with E-state index in [4.69, 9.17) is 5.73 Å². The summed E-state index contributed by atoms with van der Waals surface area (Å²) in [6, 6.07) is 0.471. The van der Waals surface area contributed by atoms with Gasteiger partial charge in [-0.05, 0) is 51.6 Å². The van der Waals surface area contributed by atoms with Gasteiger partial charge in [-0.25, -0.2) is 0 Å². The normalized spacial score (nSPS) is 26.5. The highest BCUT2D eigenvalue weighted by Crippen LogP contribution is 2.35. The van der Waals surface area contributed by atoms with Crippen LogP contribution in [0.15, 0.2) is 0 Å². The molecule has 0 aromatic heterocycles. The van der Waals surface area contributed by atoms with E-state index < -0.39 is 5.54 Å². The Kier molecular flexibility index (Phi) is 4.99. The van der Waals surface area contributed by atoms with E-state index in [2.05, 4.69) is 25.7 Å². The molecule has 1 aliphatic rings. The Balaban J connectivity index is 2.43. The third-order valence-corrected chi connectivity index (χ3v) is 4.60. The Morgan fingerprint density at radius 2 is 1.94 bits per heavy atom. The van der Waals surface area contributed by atoms with Gasteiger partial charge in [0.05, 0.1) is 6.61 Å². The molecule has 2 atom stereocenters. The Labute approximate surface area is 106 Å². The lowest BCUT2D eigenvalue weighted by Gasteiger charge is -2.43. The smallest absolute Gasteiger partial charge is 0.0609 e. The van der Waals surface area contributed by atoms with Crippen molar-refractivity contribution in [3.63, 3.8) is 0 Å². The fraction of sp³-hybridized carbons (Fsp3) is 1.00. The molecule has 3 N–H and O–H groups in total. The fourth-order valence-corrected chi connectivity index (χ4v) is 2.73. The SMILES string of the molecule is CCC1(C)CCN(C(C)CC(C)(N)CO)CC1. The summed E-state index contributed by atoms with van der Waals surface area (Å²) in [7, 11) is 0. The molecule has 3 nitrogen and oxygen atoms in total. The standard InChI is InChI=1S/C14H30N2O/c1-5-13(3)6-8-16(9-7-13)12(2)10-14(4,15)11-17/h12,17H,5-11,15H2,1-4H3. The minimum Gasteiger partial charge on any atom is -0.394 e. The molecule has 0 aromatic rings. The van der Waals surface area contributed by atoms with Crippen LogP contribution in [0.25, 0.3) is 0 Å². The van der Waals surface area contributed by atoms with E-state index in [0.29, 0.717) is 11.5 Å². The van der Waals surface area contributed by atoms with Crippen LogP contribution in [0.2, 0.25) is 0 Å². The molecule has 0 aromatic carbocycles. The Morgan fingerprint density at radius 1 is 1.41 bits per heavy atom. The first kappa shape index (κ1) is 14.9. The van der Waals surface area contributed by atoms with Crippen LogP contribution in [0.3, 0.4) is 0 Å². The lowest BCUT2D eigenvalue weighted by atomic mass is 9.77. The number of aliphatic hydroxyl groups is 1. The van der Waals surface area contributed by atoms with Crippen LogP contribution in [0.1, 0.15) is 53.4 Å². The number of likely N-dealkylation sites (tertiary alicyclic amines) is 1. The molecule has 1 fully saturated rings. The van der Waals surface area contributed by atoms with Gasteiger partial charge in [-0.2, -0.15) is 0 Å². The van der Waals surface area contributed by atoms with E-state index in [9.17, 15) is 5.11 Å². The van der Waals surface area contributed by atoms with Crippen molar-refractivity contribution >= 4 is 0 Å². The van der Waals surface area contributed by atoms with Crippen molar-refractivity contribution in [2.45, 2.75) is 65.0 Å². The highest BCUT2D eigenvalue weighted by molar-refractivity contribution is 4.88. The van der Waals surface area contributed by atoms with Gasteiger partial charge < -0.3 is 15.7 Å². The minimum absolute atomic E-state index is 0.0673. The van der Waals surface area contributed by atoms with Crippen LogP contribution >= 0.6 is 0 Å². The van der Waals surface area contributed by atoms with Gasteiger partial charge in [-0.1, -0.05) is 20.3 Å². The monoisotopic (exact) mass is 242 g/mol. The van der Waals surface area contributed by atoms with Crippen LogP contribution in [0.4, 0.5) is 0 Å². The Morgan fingerprint density at radius 3 is 2.35 bits per heavy atom. The third kappa shape index (κ3) is 4.23. The number of hydrogen-bond donors (Lipinski definition) is 2. The summed E-state index contributed by atoms with van der Waals surface area (Å²) in [5, 5.41) is 9.22. The van der Waals surface area contributed by atoms with Crippen molar-refractivity contribution in [2.75, 3.05) is 19.7 Å². The van der Waals surface area contributed by atoms with Crippen molar-refractivity contribution in [1.29, 1.82) is 0 Å². The molecule has 0 amide bonds. The first-order valence-electron chi connectivity index (χ1n) is 6.96. The molecular formula is C14H30N2O. The van der Waals surface area contributed by atoms with E-state index in [1.165, 1.54) is 32.4 Å². The van der Waals surface area contributed by atoms with Gasteiger partial charge in [0.1, 0.15) is 0 Å². The van der Waals surface area contributed by atoms with Gasteiger partial charge in [0.15, 0.2) is 0 Å². The van der Waals surface area contributed by atoms with Crippen LogP contribution < -0.4 is 5.73 Å². The van der Waals surface area contributed by atoms with Crippen molar-refractivity contribution in [2.24, 2.45) is 11.1 Å². The molecule has 0 saturated carbocycles. The molecular weight excluding hydrogens is 212 g/mol. The molecule has 2 unspecified atom stereocenters. The van der Waals surface area contributed by atoms with Crippen molar-refractivity contribution in [3.05, 3.63) is 0 Å². The second kappa shape index (κ2) is 5.68. The first-order valence-corrected chi connectivity index (χ1v) is 6.96. The molecule has 0 bridgehead atoms. The van der Waals surface area contributed by atoms with Crippen molar-refractivity contribution in [3.8, 4) is 0 Å². The van der Waals surface area contributed by atoms with E-state index in [1.54, 1.807) is 0 Å². The van der Waals surface area contributed by atoms with E-state index in [-0.39, 0.29) is 6.61 Å². The average molecular weight is 242 g/mol. The lowest BCUT2D eigenvalue weighted by Crippen LogP contribution is -2.49. The summed E-state index contributed by atoms with van der Waals surface area (Å²) in [5.74, 6) is 0. The molecule has 1 aliphatic heterocycles. The van der Waals surface area contributed by atoms with Crippen molar-refractivity contribution < 1.29 is 5.11 Å². The maximum atomic E-state index is 9.22. The lowest BCUT2D eigenvalue weighted by molar-refractivity contribution is 0.0679. The molecule has 0 radical (unpaired) electrons. The quantitative estimate of drug-likeness (QED) is 0.775. The van der Waals surface area contributed by atoms with Crippen LogP contribution in [0, 0.1) is 5.41 Å². The number of nitrogens with zero attached hydrogens (tertiary/aromatic N) is 1. The summed E-state index contributed by atoms with van der Waals surface area (Å²) < 4.78 is 0. The molecule has 1 rings (SSSR count). The molecule has 0 aliphatic carbocycles. The van der Waals surface area contributed by atoms with Crippen LogP contribution in [0.5, 0.6) is 0 Å². The predicted molar refractivity (Wildman–Crippen MR) is 73.0 cm³/mol. The van der Waals surface area contributed by atoms with Gasteiger partial charge in [-0.3, -0.25) is 0 Å². The zero-order chi connectivity index (χ0) is 13.1. The number of rotatable bonds is 5. The first-order chi connectivity index (χ1) is 7.82. The summed E-state index contributed by atoms with van der Waals surface area (Å²) in [5.41, 5.74) is 6.13. The van der Waals surface area contributed by atoms with Gasteiger partial charge in [0.25, 0.3) is 0 Å². The number of nitrogens with two attached hydrogens (primary N) is 1. The maximum Gasteiger partial charge on any atom is 0.0609 e. The van der Waals surface area contributed by atoms with Gasteiger partial charge in [0, 0.05) is 11.6 Å². The molecule has 1 heterocycles.